The minimum Gasteiger partial charge on any atom is -0.412 e. The minimum atomic E-state index is 0. The molecule has 11 heavy (non-hydrogen) atoms. The lowest BCUT2D eigenvalue weighted by atomic mass is 10.1. The largest absolute Gasteiger partial charge is 0.412 e. The summed E-state index contributed by atoms with van der Waals surface area (Å²) in [5.41, 5.74) is 0. The Labute approximate surface area is 69.7 Å². The molecule has 0 amide bonds. The van der Waals surface area contributed by atoms with Crippen molar-refractivity contribution in [3.63, 3.8) is 0 Å². The van der Waals surface area contributed by atoms with E-state index in [0.29, 0.717) is 0 Å². The van der Waals surface area contributed by atoms with Gasteiger partial charge in [-0.1, -0.05) is 52.4 Å². The van der Waals surface area contributed by atoms with Gasteiger partial charge in [-0.05, 0) is 0 Å². The van der Waals surface area contributed by atoms with Crippen LogP contribution in [-0.4, -0.2) is 16.4 Å². The van der Waals surface area contributed by atoms with Crippen LogP contribution in [0.3, 0.4) is 0 Å². The molecule has 0 aliphatic heterocycles. The van der Waals surface area contributed by atoms with E-state index in [0.717, 1.165) is 0 Å². The van der Waals surface area contributed by atoms with Gasteiger partial charge in [-0.3, -0.25) is 0 Å². The Balaban J connectivity index is -0.0000000817. The van der Waals surface area contributed by atoms with E-state index in [4.69, 9.17) is 0 Å². The molecule has 0 heterocycles. The molecule has 0 fully saturated rings. The SMILES string of the molecule is CCCCCCCC.O.O.O. The van der Waals surface area contributed by atoms with Crippen molar-refractivity contribution in [2.75, 3.05) is 0 Å². The van der Waals surface area contributed by atoms with Gasteiger partial charge in [0.25, 0.3) is 0 Å². The molecule has 0 atom stereocenters. The number of unbranched alkanes of at least 4 members (excludes halogenated alkanes) is 5. The monoisotopic (exact) mass is 168 g/mol. The highest BCUT2D eigenvalue weighted by Crippen LogP contribution is 2.03. The molecular formula is C8H24O3. The molecule has 0 aliphatic rings. The Hall–Kier alpha value is -0.120. The Kier molecular flexibility index (Phi) is 46.0. The van der Waals surface area contributed by atoms with Crippen molar-refractivity contribution in [2.45, 2.75) is 52.4 Å². The molecule has 0 bridgehead atoms. The number of hydrogen-bond acceptors (Lipinski definition) is 0. The maximum absolute atomic E-state index is 2.26. The van der Waals surface area contributed by atoms with Gasteiger partial charge in [0.1, 0.15) is 0 Å². The molecular weight excluding hydrogens is 144 g/mol. The highest BCUT2D eigenvalue weighted by atomic mass is 16.0. The van der Waals surface area contributed by atoms with Crippen molar-refractivity contribution < 1.29 is 16.4 Å². The first-order valence-corrected chi connectivity index (χ1v) is 3.91. The average molecular weight is 168 g/mol. The first-order chi connectivity index (χ1) is 3.91. The van der Waals surface area contributed by atoms with E-state index in [1.54, 1.807) is 0 Å². The third kappa shape index (κ3) is 25.8. The van der Waals surface area contributed by atoms with Gasteiger partial charge in [0.15, 0.2) is 0 Å². The van der Waals surface area contributed by atoms with E-state index in [2.05, 4.69) is 13.8 Å². The van der Waals surface area contributed by atoms with Crippen molar-refractivity contribution in [1.29, 1.82) is 0 Å². The lowest BCUT2D eigenvalue weighted by molar-refractivity contribution is 0.624. The van der Waals surface area contributed by atoms with E-state index in [-0.39, 0.29) is 16.4 Å². The highest BCUT2D eigenvalue weighted by Gasteiger charge is 1.83. The van der Waals surface area contributed by atoms with E-state index in [1.807, 2.05) is 0 Å². The number of hydrogen-bond donors (Lipinski definition) is 0. The summed E-state index contributed by atoms with van der Waals surface area (Å²) in [6, 6.07) is 0. The standard InChI is InChI=1S/C8H18.3H2O/c1-3-5-7-8-6-4-2;;;/h3-8H2,1-2H3;3*1H2. The summed E-state index contributed by atoms with van der Waals surface area (Å²) in [7, 11) is 0. The predicted octanol–water partition coefficient (Wildman–Crippen LogP) is 0.893. The molecule has 0 aromatic carbocycles. The first kappa shape index (κ1) is 22.4. The molecule has 6 N–H and O–H groups in total. The summed E-state index contributed by atoms with van der Waals surface area (Å²) in [5, 5.41) is 0. The average Bonchev–Trinajstić information content (AvgIpc) is 1.81. The van der Waals surface area contributed by atoms with Crippen LogP contribution in [-0.2, 0) is 0 Å². The van der Waals surface area contributed by atoms with Crippen molar-refractivity contribution >= 4 is 0 Å². The smallest absolute Gasteiger partial charge is 0.0533 e. The van der Waals surface area contributed by atoms with Gasteiger partial charge in [0, 0.05) is 0 Å². The minimum absolute atomic E-state index is 0. The molecule has 0 aromatic rings. The normalized spacial score (nSPS) is 7.09. The summed E-state index contributed by atoms with van der Waals surface area (Å²) in [6.07, 6.45) is 8.49. The molecule has 0 rings (SSSR count). The maximum Gasteiger partial charge on any atom is -0.0533 e. The highest BCUT2D eigenvalue weighted by molar-refractivity contribution is 4.39. The Morgan fingerprint density at radius 1 is 0.545 bits per heavy atom. The zero-order valence-electron chi connectivity index (χ0n) is 7.74. The lowest BCUT2D eigenvalue weighted by Gasteiger charge is -1.93. The van der Waals surface area contributed by atoms with E-state index < -0.39 is 0 Å². The van der Waals surface area contributed by atoms with Gasteiger partial charge < -0.3 is 16.4 Å². The number of rotatable bonds is 5. The second-order valence-electron chi connectivity index (χ2n) is 2.41. The van der Waals surface area contributed by atoms with Crippen molar-refractivity contribution in [3.05, 3.63) is 0 Å². The molecule has 0 aromatic heterocycles. The lowest BCUT2D eigenvalue weighted by Crippen LogP contribution is -1.73. The molecule has 3 nitrogen and oxygen atoms in total. The van der Waals surface area contributed by atoms with E-state index in [9.17, 15) is 0 Å². The Bertz CT molecular complexity index is 34.3. The molecule has 0 saturated heterocycles. The fourth-order valence-electron chi connectivity index (χ4n) is 0.854. The zero-order valence-corrected chi connectivity index (χ0v) is 7.74. The van der Waals surface area contributed by atoms with Crippen LogP contribution in [0, 0.1) is 0 Å². The van der Waals surface area contributed by atoms with Crippen LogP contribution in [0.25, 0.3) is 0 Å². The van der Waals surface area contributed by atoms with Crippen LogP contribution in [0.4, 0.5) is 0 Å². The maximum atomic E-state index is 2.26. The molecule has 0 saturated carbocycles. The van der Waals surface area contributed by atoms with Gasteiger partial charge in [0.2, 0.25) is 0 Å². The quantitative estimate of drug-likeness (QED) is 0.545. The summed E-state index contributed by atoms with van der Waals surface area (Å²) in [6.45, 7) is 4.51. The van der Waals surface area contributed by atoms with Crippen LogP contribution >= 0.6 is 0 Å². The van der Waals surface area contributed by atoms with Crippen LogP contribution in [0.2, 0.25) is 0 Å². The fourth-order valence-corrected chi connectivity index (χ4v) is 0.854. The van der Waals surface area contributed by atoms with Crippen LogP contribution in [0.5, 0.6) is 0 Å². The van der Waals surface area contributed by atoms with E-state index in [1.165, 1.54) is 38.5 Å². The second kappa shape index (κ2) is 22.5. The van der Waals surface area contributed by atoms with Gasteiger partial charge in [-0.2, -0.15) is 0 Å². The van der Waals surface area contributed by atoms with Crippen molar-refractivity contribution in [1.82, 2.24) is 0 Å². The van der Waals surface area contributed by atoms with Crippen LogP contribution < -0.4 is 0 Å². The van der Waals surface area contributed by atoms with Gasteiger partial charge in [0.05, 0.1) is 0 Å². The second-order valence-corrected chi connectivity index (χ2v) is 2.41. The van der Waals surface area contributed by atoms with Crippen molar-refractivity contribution in [2.24, 2.45) is 0 Å². The predicted molar refractivity (Wildman–Crippen MR) is 49.9 cm³/mol. The molecule has 0 spiro atoms. The zero-order chi connectivity index (χ0) is 6.24. The molecule has 3 heteroatoms. The molecule has 0 aliphatic carbocycles. The summed E-state index contributed by atoms with van der Waals surface area (Å²) < 4.78 is 0. The molecule has 74 valence electrons. The Morgan fingerprint density at radius 3 is 1.00 bits per heavy atom. The third-order valence-corrected chi connectivity index (χ3v) is 1.46. The van der Waals surface area contributed by atoms with Gasteiger partial charge in [-0.15, -0.1) is 0 Å². The molecule has 0 radical (unpaired) electrons. The fraction of sp³-hybridized carbons (Fsp3) is 1.00. The van der Waals surface area contributed by atoms with Gasteiger partial charge >= 0.3 is 0 Å². The van der Waals surface area contributed by atoms with Crippen LogP contribution in [0.15, 0.2) is 0 Å². The summed E-state index contributed by atoms with van der Waals surface area (Å²) in [4.78, 5) is 0. The van der Waals surface area contributed by atoms with Crippen LogP contribution in [0.1, 0.15) is 52.4 Å². The molecule has 0 unspecified atom stereocenters. The third-order valence-electron chi connectivity index (χ3n) is 1.46. The topological polar surface area (TPSA) is 94.5 Å². The first-order valence-electron chi connectivity index (χ1n) is 3.91. The summed E-state index contributed by atoms with van der Waals surface area (Å²) >= 11 is 0. The van der Waals surface area contributed by atoms with Crippen molar-refractivity contribution in [3.8, 4) is 0 Å². The van der Waals surface area contributed by atoms with E-state index >= 15 is 0 Å². The van der Waals surface area contributed by atoms with Gasteiger partial charge in [-0.25, -0.2) is 0 Å². The summed E-state index contributed by atoms with van der Waals surface area (Å²) in [5.74, 6) is 0. The Morgan fingerprint density at radius 2 is 0.818 bits per heavy atom.